The second-order valence-corrected chi connectivity index (χ2v) is 4.25. The second-order valence-electron chi connectivity index (χ2n) is 4.25. The van der Waals surface area contributed by atoms with E-state index in [9.17, 15) is 0 Å². The molecule has 1 atom stereocenters. The van der Waals surface area contributed by atoms with E-state index in [1.807, 2.05) is 0 Å². The van der Waals surface area contributed by atoms with Crippen LogP contribution in [-0.4, -0.2) is 50.3 Å². The molecule has 0 aliphatic carbocycles. The molecule has 0 aromatic heterocycles. The smallest absolute Gasteiger partial charge is 0.660 e. The van der Waals surface area contributed by atoms with Gasteiger partial charge in [0.15, 0.2) is 0 Å². The average molecular weight is 224 g/mol. The Labute approximate surface area is 130 Å². The molecular formula is C10H21KN2O. The first kappa shape index (κ1) is 15.5. The number of ether oxygens (including phenoxy) is 1. The summed E-state index contributed by atoms with van der Waals surface area (Å²) in [5, 5.41) is 4.37. The predicted octanol–water partition coefficient (Wildman–Crippen LogP) is -1.51. The van der Waals surface area contributed by atoms with Crippen LogP contribution in [0, 0.1) is 0 Å². The molecular weight excluding hydrogens is 203 g/mol. The molecule has 1 fully saturated rings. The van der Waals surface area contributed by atoms with Gasteiger partial charge in [-0.3, -0.25) is 0 Å². The summed E-state index contributed by atoms with van der Waals surface area (Å²) >= 11 is 0. The Balaban J connectivity index is 0.00000169. The minimum absolute atomic E-state index is 0. The van der Waals surface area contributed by atoms with E-state index in [1.165, 1.54) is 0 Å². The summed E-state index contributed by atoms with van der Waals surface area (Å²) in [7, 11) is 3.94. The molecule has 0 spiro atoms. The van der Waals surface area contributed by atoms with Crippen LogP contribution in [0.25, 0.3) is 5.32 Å². The van der Waals surface area contributed by atoms with Gasteiger partial charge in [0.05, 0.1) is 5.60 Å². The van der Waals surface area contributed by atoms with Crippen molar-refractivity contribution in [3.63, 3.8) is 0 Å². The SMILES string of the molecule is COC1(CN(C)C(C)C)CC[N-]C1.[K+]. The molecule has 1 saturated heterocycles. The van der Waals surface area contributed by atoms with Gasteiger partial charge in [0, 0.05) is 19.7 Å². The van der Waals surface area contributed by atoms with E-state index < -0.39 is 0 Å². The van der Waals surface area contributed by atoms with Gasteiger partial charge >= 0.3 is 51.4 Å². The molecule has 4 heteroatoms. The van der Waals surface area contributed by atoms with Crippen LogP contribution >= 0.6 is 0 Å². The zero-order chi connectivity index (χ0) is 9.90. The minimum atomic E-state index is -0.000972. The van der Waals surface area contributed by atoms with Crippen molar-refractivity contribution >= 4 is 0 Å². The molecule has 78 valence electrons. The number of rotatable bonds is 4. The average Bonchev–Trinajstić information content (AvgIpc) is 2.54. The van der Waals surface area contributed by atoms with Crippen LogP contribution in [0.3, 0.4) is 0 Å². The fraction of sp³-hybridized carbons (Fsp3) is 1.00. The Morgan fingerprint density at radius 3 is 2.50 bits per heavy atom. The maximum Gasteiger partial charge on any atom is 1.00 e. The quantitative estimate of drug-likeness (QED) is 0.543. The van der Waals surface area contributed by atoms with Crippen molar-refractivity contribution in [2.24, 2.45) is 0 Å². The van der Waals surface area contributed by atoms with E-state index in [2.05, 4.69) is 31.1 Å². The van der Waals surface area contributed by atoms with Crippen LogP contribution in [0.1, 0.15) is 20.3 Å². The number of nitrogens with zero attached hydrogens (tertiary/aromatic N) is 2. The van der Waals surface area contributed by atoms with Crippen LogP contribution < -0.4 is 51.4 Å². The Morgan fingerprint density at radius 2 is 2.14 bits per heavy atom. The first-order valence-electron chi connectivity index (χ1n) is 4.98. The first-order chi connectivity index (χ1) is 6.09. The van der Waals surface area contributed by atoms with Gasteiger partial charge in [-0.05, 0) is 27.3 Å². The molecule has 1 unspecified atom stereocenters. The van der Waals surface area contributed by atoms with Crippen molar-refractivity contribution in [2.75, 3.05) is 33.8 Å². The van der Waals surface area contributed by atoms with Crippen LogP contribution in [-0.2, 0) is 4.74 Å². The zero-order valence-corrected chi connectivity index (χ0v) is 13.3. The van der Waals surface area contributed by atoms with Crippen LogP contribution in [0.15, 0.2) is 0 Å². The molecule has 0 N–H and O–H groups in total. The van der Waals surface area contributed by atoms with Gasteiger partial charge < -0.3 is 15.0 Å². The van der Waals surface area contributed by atoms with Crippen molar-refractivity contribution in [3.05, 3.63) is 5.32 Å². The van der Waals surface area contributed by atoms with Gasteiger partial charge in [-0.2, -0.15) is 0 Å². The largest absolute Gasteiger partial charge is 1.00 e. The Morgan fingerprint density at radius 1 is 1.50 bits per heavy atom. The third-order valence-electron chi connectivity index (χ3n) is 2.98. The van der Waals surface area contributed by atoms with Gasteiger partial charge in [0.2, 0.25) is 0 Å². The fourth-order valence-corrected chi connectivity index (χ4v) is 1.64. The third kappa shape index (κ3) is 4.18. The zero-order valence-electron chi connectivity index (χ0n) is 10.2. The third-order valence-corrected chi connectivity index (χ3v) is 2.98. The molecule has 0 aromatic carbocycles. The molecule has 1 heterocycles. The summed E-state index contributed by atoms with van der Waals surface area (Å²) in [6.07, 6.45) is 1.07. The Kier molecular flexibility index (Phi) is 7.72. The second kappa shape index (κ2) is 6.96. The molecule has 0 radical (unpaired) electrons. The number of hydrogen-bond donors (Lipinski definition) is 0. The normalized spacial score (nSPS) is 27.0. The first-order valence-corrected chi connectivity index (χ1v) is 4.98. The molecule has 0 aromatic rings. The molecule has 3 nitrogen and oxygen atoms in total. The van der Waals surface area contributed by atoms with Crippen molar-refractivity contribution < 1.29 is 56.1 Å². The fourth-order valence-electron chi connectivity index (χ4n) is 1.64. The van der Waals surface area contributed by atoms with Gasteiger partial charge in [-0.25, -0.2) is 0 Å². The maximum absolute atomic E-state index is 5.58. The summed E-state index contributed by atoms with van der Waals surface area (Å²) in [6.45, 7) is 7.22. The van der Waals surface area contributed by atoms with Crippen molar-refractivity contribution in [2.45, 2.75) is 31.9 Å². The standard InChI is InChI=1S/C10H21N2O.K/c1-9(2)12(3)8-10(13-4)5-6-11-7-10;/h9H,5-8H2,1-4H3;/q-1;+1. The van der Waals surface area contributed by atoms with E-state index in [0.717, 1.165) is 26.1 Å². The van der Waals surface area contributed by atoms with Crippen molar-refractivity contribution in [1.29, 1.82) is 0 Å². The summed E-state index contributed by atoms with van der Waals surface area (Å²) in [5.74, 6) is 0. The van der Waals surface area contributed by atoms with E-state index in [4.69, 9.17) is 4.74 Å². The van der Waals surface area contributed by atoms with Crippen LogP contribution in [0.5, 0.6) is 0 Å². The van der Waals surface area contributed by atoms with Gasteiger partial charge in [-0.1, -0.05) is 0 Å². The molecule has 0 bridgehead atoms. The van der Waals surface area contributed by atoms with Gasteiger partial charge in [0.25, 0.3) is 0 Å². The van der Waals surface area contributed by atoms with E-state index in [0.29, 0.717) is 6.04 Å². The van der Waals surface area contributed by atoms with Crippen molar-refractivity contribution in [3.8, 4) is 0 Å². The summed E-state index contributed by atoms with van der Waals surface area (Å²) in [4.78, 5) is 2.32. The van der Waals surface area contributed by atoms with Crippen LogP contribution in [0.2, 0.25) is 0 Å². The number of likely N-dealkylation sites (N-methyl/N-ethyl adjacent to an activating group) is 1. The predicted molar refractivity (Wildman–Crippen MR) is 55.2 cm³/mol. The molecule has 1 rings (SSSR count). The van der Waals surface area contributed by atoms with Crippen molar-refractivity contribution in [1.82, 2.24) is 4.90 Å². The number of hydrogen-bond acceptors (Lipinski definition) is 2. The van der Waals surface area contributed by atoms with E-state index in [-0.39, 0.29) is 57.0 Å². The number of methoxy groups -OCH3 is 1. The van der Waals surface area contributed by atoms with E-state index in [1.54, 1.807) is 7.11 Å². The van der Waals surface area contributed by atoms with Gasteiger partial charge in [-0.15, -0.1) is 13.1 Å². The molecule has 1 aliphatic rings. The maximum atomic E-state index is 5.58. The molecule has 1 aliphatic heterocycles. The van der Waals surface area contributed by atoms with Crippen LogP contribution in [0.4, 0.5) is 0 Å². The Bertz CT molecular complexity index is 158. The molecule has 0 saturated carbocycles. The Hall–Kier alpha value is 1.52. The summed E-state index contributed by atoms with van der Waals surface area (Å²) in [6, 6.07) is 0.577. The minimum Gasteiger partial charge on any atom is -0.660 e. The molecule has 14 heavy (non-hydrogen) atoms. The topological polar surface area (TPSA) is 26.6 Å². The summed E-state index contributed by atoms with van der Waals surface area (Å²) < 4.78 is 5.58. The van der Waals surface area contributed by atoms with E-state index >= 15 is 0 Å². The van der Waals surface area contributed by atoms with Gasteiger partial charge in [0.1, 0.15) is 0 Å². The monoisotopic (exact) mass is 224 g/mol. The molecule has 0 amide bonds. The summed E-state index contributed by atoms with van der Waals surface area (Å²) in [5.41, 5.74) is -0.000972.